The molecule has 0 saturated carbocycles. The lowest BCUT2D eigenvalue weighted by Crippen LogP contribution is -2.47. The van der Waals surface area contributed by atoms with E-state index in [-0.39, 0.29) is 19.1 Å². The highest BCUT2D eigenvalue weighted by atomic mass is 32.2. The van der Waals surface area contributed by atoms with E-state index in [1.54, 1.807) is 0 Å². The van der Waals surface area contributed by atoms with Crippen molar-refractivity contribution in [2.45, 2.75) is 26.2 Å². The average molecular weight is 274 g/mol. The van der Waals surface area contributed by atoms with E-state index in [0.717, 1.165) is 6.42 Å². The van der Waals surface area contributed by atoms with Gasteiger partial charge in [0.25, 0.3) is 10.2 Å². The molecule has 0 bridgehead atoms. The summed E-state index contributed by atoms with van der Waals surface area (Å²) in [5.74, 6) is 2.62. The van der Waals surface area contributed by atoms with Gasteiger partial charge in [0.2, 0.25) is 0 Å². The van der Waals surface area contributed by atoms with Crippen molar-refractivity contribution >= 4 is 10.2 Å². The number of aliphatic hydroxyl groups excluding tert-OH is 1. The first-order valence-corrected chi connectivity index (χ1v) is 7.75. The molecular weight excluding hydrogens is 252 g/mol. The number of piperidine rings is 1. The van der Waals surface area contributed by atoms with Crippen LogP contribution in [0.4, 0.5) is 0 Å². The van der Waals surface area contributed by atoms with Gasteiger partial charge in [-0.2, -0.15) is 17.0 Å². The molecule has 0 aromatic rings. The molecule has 104 valence electrons. The second-order valence-corrected chi connectivity index (χ2v) is 6.50. The number of rotatable bonds is 6. The van der Waals surface area contributed by atoms with E-state index in [1.807, 2.05) is 6.92 Å². The number of hydrogen-bond acceptors (Lipinski definition) is 3. The summed E-state index contributed by atoms with van der Waals surface area (Å²) >= 11 is 0. The molecule has 0 spiro atoms. The molecule has 5 nitrogen and oxygen atoms in total. The second-order valence-electron chi connectivity index (χ2n) is 4.57. The molecule has 6 heteroatoms. The third-order valence-corrected chi connectivity index (χ3v) is 5.21. The van der Waals surface area contributed by atoms with Crippen molar-refractivity contribution in [3.05, 3.63) is 0 Å². The molecule has 0 amide bonds. The van der Waals surface area contributed by atoms with Crippen LogP contribution >= 0.6 is 0 Å². The molecule has 18 heavy (non-hydrogen) atoms. The molecule has 0 aromatic carbocycles. The van der Waals surface area contributed by atoms with Crippen molar-refractivity contribution in [3.8, 4) is 12.3 Å². The first-order chi connectivity index (χ1) is 8.56. The standard InChI is InChI=1S/C12H22N2O3S/c1-3-7-13(8-4-2)18(16,17)14-9-5-12(11-15)6-10-14/h1,12,15H,4-11H2,2H3. The molecule has 0 atom stereocenters. The number of hydrogen-bond donors (Lipinski definition) is 1. The minimum atomic E-state index is -3.44. The summed E-state index contributed by atoms with van der Waals surface area (Å²) < 4.78 is 27.5. The molecule has 1 aliphatic rings. The van der Waals surface area contributed by atoms with Crippen LogP contribution in [0.1, 0.15) is 26.2 Å². The van der Waals surface area contributed by atoms with Crippen LogP contribution in [0.15, 0.2) is 0 Å². The Morgan fingerprint density at radius 3 is 2.50 bits per heavy atom. The predicted octanol–water partition coefficient (Wildman–Crippen LogP) is 0.281. The van der Waals surface area contributed by atoms with Crippen LogP contribution in [0.5, 0.6) is 0 Å². The summed E-state index contributed by atoms with van der Waals surface area (Å²) in [6, 6.07) is 0. The van der Waals surface area contributed by atoms with Crippen molar-refractivity contribution in [2.24, 2.45) is 5.92 Å². The van der Waals surface area contributed by atoms with Gasteiger partial charge in [0.1, 0.15) is 0 Å². The zero-order valence-electron chi connectivity index (χ0n) is 10.9. The Morgan fingerprint density at radius 2 is 2.06 bits per heavy atom. The monoisotopic (exact) mass is 274 g/mol. The summed E-state index contributed by atoms with van der Waals surface area (Å²) in [4.78, 5) is 0. The summed E-state index contributed by atoms with van der Waals surface area (Å²) in [5, 5.41) is 9.05. The largest absolute Gasteiger partial charge is 0.396 e. The van der Waals surface area contributed by atoms with E-state index >= 15 is 0 Å². The van der Waals surface area contributed by atoms with E-state index < -0.39 is 10.2 Å². The maximum Gasteiger partial charge on any atom is 0.282 e. The van der Waals surface area contributed by atoms with Crippen LogP contribution in [-0.4, -0.2) is 54.9 Å². The van der Waals surface area contributed by atoms with Gasteiger partial charge in [0.05, 0.1) is 6.54 Å². The Labute approximate surface area is 110 Å². The summed E-state index contributed by atoms with van der Waals surface area (Å²) in [5.41, 5.74) is 0. The molecule has 0 unspecified atom stereocenters. The van der Waals surface area contributed by atoms with Crippen molar-refractivity contribution < 1.29 is 13.5 Å². The smallest absolute Gasteiger partial charge is 0.282 e. The Balaban J connectivity index is 2.70. The normalized spacial score (nSPS) is 19.0. The van der Waals surface area contributed by atoms with Gasteiger partial charge >= 0.3 is 0 Å². The number of nitrogens with zero attached hydrogens (tertiary/aromatic N) is 2. The van der Waals surface area contributed by atoms with Crippen LogP contribution in [0.2, 0.25) is 0 Å². The highest BCUT2D eigenvalue weighted by Gasteiger charge is 2.31. The Kier molecular flexibility index (Phi) is 6.09. The molecule has 0 aromatic heterocycles. The van der Waals surface area contributed by atoms with Gasteiger partial charge in [0, 0.05) is 26.2 Å². The van der Waals surface area contributed by atoms with Gasteiger partial charge < -0.3 is 5.11 Å². The van der Waals surface area contributed by atoms with Gasteiger partial charge in [0.15, 0.2) is 0 Å². The molecule has 1 fully saturated rings. The molecule has 1 saturated heterocycles. The van der Waals surface area contributed by atoms with Gasteiger partial charge in [-0.3, -0.25) is 0 Å². The third kappa shape index (κ3) is 3.69. The van der Waals surface area contributed by atoms with Crippen molar-refractivity contribution in [2.75, 3.05) is 32.8 Å². The van der Waals surface area contributed by atoms with Crippen LogP contribution in [0, 0.1) is 18.3 Å². The first kappa shape index (κ1) is 15.4. The fraction of sp³-hybridized carbons (Fsp3) is 0.833. The summed E-state index contributed by atoms with van der Waals surface area (Å²) in [6.07, 6.45) is 7.39. The lowest BCUT2D eigenvalue weighted by Gasteiger charge is -2.33. The second kappa shape index (κ2) is 7.10. The minimum Gasteiger partial charge on any atom is -0.396 e. The SMILES string of the molecule is C#CCN(CCC)S(=O)(=O)N1CCC(CO)CC1. The Hall–Kier alpha value is -0.610. The molecule has 1 rings (SSSR count). The third-order valence-electron chi connectivity index (χ3n) is 3.22. The summed E-state index contributed by atoms with van der Waals surface area (Å²) in [7, 11) is -3.44. The maximum atomic E-state index is 12.4. The predicted molar refractivity (Wildman–Crippen MR) is 71.0 cm³/mol. The van der Waals surface area contributed by atoms with Gasteiger partial charge in [-0.25, -0.2) is 0 Å². The number of terminal acetylenes is 1. The average Bonchev–Trinajstić information content (AvgIpc) is 2.38. The highest BCUT2D eigenvalue weighted by molar-refractivity contribution is 7.86. The Bertz CT molecular complexity index is 381. The zero-order valence-corrected chi connectivity index (χ0v) is 11.7. The zero-order chi connectivity index (χ0) is 13.6. The molecule has 1 aliphatic heterocycles. The minimum absolute atomic E-state index is 0.121. The lowest BCUT2D eigenvalue weighted by molar-refractivity contribution is 0.166. The molecule has 1 heterocycles. The van der Waals surface area contributed by atoms with Gasteiger partial charge in [-0.05, 0) is 25.2 Å². The van der Waals surface area contributed by atoms with E-state index in [2.05, 4.69) is 5.92 Å². The fourth-order valence-corrected chi connectivity index (χ4v) is 3.76. The quantitative estimate of drug-likeness (QED) is 0.708. The first-order valence-electron chi connectivity index (χ1n) is 6.35. The van der Waals surface area contributed by atoms with E-state index in [4.69, 9.17) is 11.5 Å². The number of aliphatic hydroxyl groups is 1. The van der Waals surface area contributed by atoms with Crippen molar-refractivity contribution in [1.82, 2.24) is 8.61 Å². The van der Waals surface area contributed by atoms with E-state index in [1.165, 1.54) is 8.61 Å². The van der Waals surface area contributed by atoms with E-state index in [9.17, 15) is 8.42 Å². The fourth-order valence-electron chi connectivity index (χ4n) is 2.11. The highest BCUT2D eigenvalue weighted by Crippen LogP contribution is 2.20. The van der Waals surface area contributed by atoms with Crippen molar-refractivity contribution in [3.63, 3.8) is 0 Å². The molecule has 0 radical (unpaired) electrons. The van der Waals surface area contributed by atoms with Crippen LogP contribution in [0.3, 0.4) is 0 Å². The lowest BCUT2D eigenvalue weighted by atomic mass is 10.00. The summed E-state index contributed by atoms with van der Waals surface area (Å²) in [6.45, 7) is 3.58. The van der Waals surface area contributed by atoms with E-state index in [0.29, 0.717) is 32.5 Å². The maximum absolute atomic E-state index is 12.4. The van der Waals surface area contributed by atoms with Crippen molar-refractivity contribution in [1.29, 1.82) is 0 Å². The molecule has 1 N–H and O–H groups in total. The topological polar surface area (TPSA) is 60.9 Å². The van der Waals surface area contributed by atoms with Gasteiger partial charge in [-0.1, -0.05) is 12.8 Å². The van der Waals surface area contributed by atoms with Gasteiger partial charge in [-0.15, -0.1) is 6.42 Å². The van der Waals surface area contributed by atoms with Crippen LogP contribution in [-0.2, 0) is 10.2 Å². The van der Waals surface area contributed by atoms with Crippen LogP contribution < -0.4 is 0 Å². The molecule has 0 aliphatic carbocycles. The Morgan fingerprint density at radius 1 is 1.44 bits per heavy atom. The molecular formula is C12H22N2O3S. The van der Waals surface area contributed by atoms with Crippen LogP contribution in [0.25, 0.3) is 0 Å².